The third-order valence-electron chi connectivity index (χ3n) is 3.38. The van der Waals surface area contributed by atoms with Crippen LogP contribution in [0.4, 0.5) is 11.4 Å². The second-order valence-electron chi connectivity index (χ2n) is 4.82. The first kappa shape index (κ1) is 13.0. The van der Waals surface area contributed by atoms with Crippen molar-refractivity contribution in [2.45, 2.75) is 12.5 Å². The molecule has 0 aromatic heterocycles. The smallest absolute Gasteiger partial charge is 0.265 e. The molecule has 0 radical (unpaired) electrons. The summed E-state index contributed by atoms with van der Waals surface area (Å²) in [6.07, 6.45) is -0.0181. The molecule has 2 aromatic rings. The number of hydrogen-bond acceptors (Lipinski definition) is 4. The van der Waals surface area contributed by atoms with Crippen LogP contribution in [0.1, 0.15) is 11.1 Å². The molecule has 5 nitrogen and oxygen atoms in total. The van der Waals surface area contributed by atoms with Gasteiger partial charge in [-0.1, -0.05) is 18.2 Å². The van der Waals surface area contributed by atoms with E-state index in [0.717, 1.165) is 11.3 Å². The van der Waals surface area contributed by atoms with E-state index in [0.29, 0.717) is 23.4 Å². The van der Waals surface area contributed by atoms with Crippen LogP contribution in [0.3, 0.4) is 0 Å². The highest BCUT2D eigenvalue weighted by atomic mass is 16.5. The van der Waals surface area contributed by atoms with Gasteiger partial charge in [0.2, 0.25) is 0 Å². The van der Waals surface area contributed by atoms with Gasteiger partial charge in [-0.3, -0.25) is 4.79 Å². The third kappa shape index (κ3) is 2.51. The Hall–Kier alpha value is -3.00. The molecule has 1 heterocycles. The lowest BCUT2D eigenvalue weighted by atomic mass is 10.1. The Bertz CT molecular complexity index is 724. The number of carbonyl (C=O) groups excluding carboxylic acids is 1. The summed E-state index contributed by atoms with van der Waals surface area (Å²) < 4.78 is 5.62. The maximum Gasteiger partial charge on any atom is 0.265 e. The fourth-order valence-corrected chi connectivity index (χ4v) is 2.29. The molecule has 0 spiro atoms. The monoisotopic (exact) mass is 279 g/mol. The van der Waals surface area contributed by atoms with E-state index < -0.39 is 6.10 Å². The molecule has 1 unspecified atom stereocenters. The van der Waals surface area contributed by atoms with Crippen LogP contribution >= 0.6 is 0 Å². The molecule has 3 N–H and O–H groups in total. The van der Waals surface area contributed by atoms with Gasteiger partial charge < -0.3 is 15.8 Å². The summed E-state index contributed by atoms with van der Waals surface area (Å²) in [4.78, 5) is 12.2. The van der Waals surface area contributed by atoms with Crippen LogP contribution in [0.25, 0.3) is 0 Å². The van der Waals surface area contributed by atoms with Crippen molar-refractivity contribution in [3.63, 3.8) is 0 Å². The number of fused-ring (bicyclic) bond motifs is 1. The van der Waals surface area contributed by atoms with Crippen molar-refractivity contribution < 1.29 is 9.53 Å². The van der Waals surface area contributed by atoms with Crippen LogP contribution in [-0.4, -0.2) is 12.0 Å². The second-order valence-corrected chi connectivity index (χ2v) is 4.82. The number of anilines is 2. The SMILES string of the molecule is N#Cc1ccc(NC(=O)C2Cc3ccccc3O2)c(N)c1. The van der Waals surface area contributed by atoms with E-state index in [2.05, 4.69) is 5.32 Å². The van der Waals surface area contributed by atoms with Crippen LogP contribution in [0.5, 0.6) is 5.75 Å². The lowest BCUT2D eigenvalue weighted by molar-refractivity contribution is -0.122. The molecule has 1 atom stereocenters. The molecule has 2 aromatic carbocycles. The summed E-state index contributed by atoms with van der Waals surface area (Å²) in [5.41, 5.74) is 8.14. The molecule has 1 aliphatic heterocycles. The lowest BCUT2D eigenvalue weighted by Gasteiger charge is -2.13. The molecule has 21 heavy (non-hydrogen) atoms. The molecule has 0 aliphatic carbocycles. The number of ether oxygens (including phenoxy) is 1. The zero-order valence-corrected chi connectivity index (χ0v) is 11.2. The third-order valence-corrected chi connectivity index (χ3v) is 3.38. The molecule has 1 amide bonds. The molecule has 1 aliphatic rings. The van der Waals surface area contributed by atoms with Gasteiger partial charge in [0.1, 0.15) is 5.75 Å². The van der Waals surface area contributed by atoms with E-state index in [-0.39, 0.29) is 5.91 Å². The quantitative estimate of drug-likeness (QED) is 0.824. The number of benzene rings is 2. The number of amides is 1. The standard InChI is InChI=1S/C16H13N3O2/c17-9-10-5-6-13(12(18)7-10)19-16(20)15-8-11-3-1-2-4-14(11)21-15/h1-7,15H,8,18H2,(H,19,20). The zero-order chi connectivity index (χ0) is 14.8. The number of hydrogen-bond donors (Lipinski definition) is 2. The molecule has 5 heteroatoms. The van der Waals surface area contributed by atoms with Crippen molar-refractivity contribution >= 4 is 17.3 Å². The molecule has 0 bridgehead atoms. The van der Waals surface area contributed by atoms with Crippen LogP contribution in [0, 0.1) is 11.3 Å². The highest BCUT2D eigenvalue weighted by Crippen LogP contribution is 2.29. The maximum absolute atomic E-state index is 12.2. The van der Waals surface area contributed by atoms with Gasteiger partial charge in [-0.25, -0.2) is 0 Å². The number of nitrogens with two attached hydrogens (primary N) is 1. The van der Waals surface area contributed by atoms with Gasteiger partial charge in [0.25, 0.3) is 5.91 Å². The van der Waals surface area contributed by atoms with E-state index >= 15 is 0 Å². The molecule has 0 saturated heterocycles. The first-order valence-electron chi connectivity index (χ1n) is 6.52. The molecule has 3 rings (SSSR count). The first-order valence-corrected chi connectivity index (χ1v) is 6.52. The highest BCUT2D eigenvalue weighted by molar-refractivity contribution is 5.97. The second kappa shape index (κ2) is 5.17. The Morgan fingerprint density at radius 2 is 2.14 bits per heavy atom. The normalized spacial score (nSPS) is 15.7. The number of nitrogens with zero attached hydrogens (tertiary/aromatic N) is 1. The Morgan fingerprint density at radius 1 is 1.33 bits per heavy atom. The van der Waals surface area contributed by atoms with Gasteiger partial charge in [0.15, 0.2) is 6.10 Å². The van der Waals surface area contributed by atoms with Crippen LogP contribution < -0.4 is 15.8 Å². The minimum atomic E-state index is -0.558. The number of carbonyl (C=O) groups is 1. The van der Waals surface area contributed by atoms with Crippen LogP contribution in [-0.2, 0) is 11.2 Å². The van der Waals surface area contributed by atoms with E-state index in [1.165, 1.54) is 6.07 Å². The summed E-state index contributed by atoms with van der Waals surface area (Å²) >= 11 is 0. The van der Waals surface area contributed by atoms with Gasteiger partial charge in [-0.05, 0) is 29.8 Å². The average Bonchev–Trinajstić information content (AvgIpc) is 2.93. The van der Waals surface area contributed by atoms with Gasteiger partial charge in [-0.2, -0.15) is 5.26 Å². The number of para-hydroxylation sites is 1. The van der Waals surface area contributed by atoms with E-state index in [9.17, 15) is 4.79 Å². The fourth-order valence-electron chi connectivity index (χ4n) is 2.29. The number of rotatable bonds is 2. The highest BCUT2D eigenvalue weighted by Gasteiger charge is 2.29. The predicted molar refractivity (Wildman–Crippen MR) is 78.8 cm³/mol. The van der Waals surface area contributed by atoms with Gasteiger partial charge in [0.05, 0.1) is 23.0 Å². The van der Waals surface area contributed by atoms with Crippen LogP contribution in [0.15, 0.2) is 42.5 Å². The maximum atomic E-state index is 12.2. The summed E-state index contributed by atoms with van der Waals surface area (Å²) in [7, 11) is 0. The fraction of sp³-hybridized carbons (Fsp3) is 0.125. The largest absolute Gasteiger partial charge is 0.480 e. The molecular formula is C16H13N3O2. The van der Waals surface area contributed by atoms with Gasteiger partial charge >= 0.3 is 0 Å². The summed E-state index contributed by atoms with van der Waals surface area (Å²) in [5.74, 6) is 0.494. The lowest BCUT2D eigenvalue weighted by Crippen LogP contribution is -2.31. The Morgan fingerprint density at radius 3 is 2.86 bits per heavy atom. The molecule has 0 saturated carbocycles. The van der Waals surface area contributed by atoms with Crippen molar-refractivity contribution in [2.75, 3.05) is 11.1 Å². The Balaban J connectivity index is 1.73. The van der Waals surface area contributed by atoms with Crippen molar-refractivity contribution in [2.24, 2.45) is 0 Å². The molecular weight excluding hydrogens is 266 g/mol. The Labute approximate surface area is 121 Å². The van der Waals surface area contributed by atoms with Gasteiger partial charge in [-0.15, -0.1) is 0 Å². The minimum absolute atomic E-state index is 0.248. The Kier molecular flexibility index (Phi) is 3.20. The summed E-state index contributed by atoms with van der Waals surface area (Å²) in [6, 6.07) is 14.3. The van der Waals surface area contributed by atoms with Crippen molar-refractivity contribution in [1.82, 2.24) is 0 Å². The van der Waals surface area contributed by atoms with Crippen LogP contribution in [0.2, 0.25) is 0 Å². The van der Waals surface area contributed by atoms with Crippen molar-refractivity contribution in [3.05, 3.63) is 53.6 Å². The summed E-state index contributed by atoms with van der Waals surface area (Å²) in [5, 5.41) is 11.5. The van der Waals surface area contributed by atoms with E-state index in [4.69, 9.17) is 15.7 Å². The van der Waals surface area contributed by atoms with Gasteiger partial charge in [0, 0.05) is 6.42 Å². The summed E-state index contributed by atoms with van der Waals surface area (Å²) in [6.45, 7) is 0. The molecule has 0 fully saturated rings. The van der Waals surface area contributed by atoms with Crippen molar-refractivity contribution in [3.8, 4) is 11.8 Å². The number of nitriles is 1. The first-order chi connectivity index (χ1) is 10.2. The van der Waals surface area contributed by atoms with Crippen molar-refractivity contribution in [1.29, 1.82) is 5.26 Å². The topological polar surface area (TPSA) is 88.1 Å². The molecule has 104 valence electrons. The number of nitrogen functional groups attached to an aromatic ring is 1. The average molecular weight is 279 g/mol. The minimum Gasteiger partial charge on any atom is -0.480 e. The predicted octanol–water partition coefficient (Wildman–Crippen LogP) is 2.08. The van der Waals surface area contributed by atoms with E-state index in [1.54, 1.807) is 12.1 Å². The van der Waals surface area contributed by atoms with E-state index in [1.807, 2.05) is 30.3 Å². The zero-order valence-electron chi connectivity index (χ0n) is 11.2. The number of nitrogens with one attached hydrogen (secondary N) is 1.